The highest BCUT2D eigenvalue weighted by Crippen LogP contribution is 2.28. The molecule has 2 rings (SSSR count). The summed E-state index contributed by atoms with van der Waals surface area (Å²) < 4.78 is 45.3. The fourth-order valence-corrected chi connectivity index (χ4v) is 1.69. The second-order valence-corrected chi connectivity index (χ2v) is 3.97. The van der Waals surface area contributed by atoms with Crippen LogP contribution in [0.25, 0.3) is 11.3 Å². The molecule has 0 atom stereocenters. The quantitative estimate of drug-likeness (QED) is 0.927. The Morgan fingerprint density at radius 3 is 2.32 bits per heavy atom. The molecule has 0 aliphatic heterocycles. The first-order chi connectivity index (χ1) is 8.89. The number of furan rings is 1. The summed E-state index contributed by atoms with van der Waals surface area (Å²) in [5.41, 5.74) is 7.06. The van der Waals surface area contributed by atoms with Gasteiger partial charge in [0.15, 0.2) is 0 Å². The number of benzene rings is 1. The molecule has 0 bridgehead atoms. The van der Waals surface area contributed by atoms with Gasteiger partial charge in [-0.05, 0) is 37.3 Å². The molecule has 0 aliphatic carbocycles. The Bertz CT molecular complexity index is 558. The van der Waals surface area contributed by atoms with Gasteiger partial charge in [-0.2, -0.15) is 0 Å². The van der Waals surface area contributed by atoms with E-state index in [1.165, 1.54) is 24.3 Å². The number of halogens is 3. The van der Waals surface area contributed by atoms with Crippen LogP contribution in [0, 0.1) is 6.92 Å². The first-order valence-corrected chi connectivity index (χ1v) is 5.54. The molecular formula is C13H12F3NO2. The minimum atomic E-state index is -4.69. The van der Waals surface area contributed by atoms with E-state index in [1.54, 1.807) is 13.0 Å². The zero-order valence-corrected chi connectivity index (χ0v) is 10.1. The molecule has 0 spiro atoms. The molecule has 19 heavy (non-hydrogen) atoms. The highest BCUT2D eigenvalue weighted by Gasteiger charge is 2.30. The van der Waals surface area contributed by atoms with Crippen LogP contribution in [-0.2, 0) is 6.54 Å². The first-order valence-electron chi connectivity index (χ1n) is 5.54. The molecule has 102 valence electrons. The summed E-state index contributed by atoms with van der Waals surface area (Å²) in [6.45, 7) is 2.14. The summed E-state index contributed by atoms with van der Waals surface area (Å²) in [6.07, 6.45) is -4.69. The molecule has 0 unspecified atom stereocenters. The molecule has 0 fully saturated rings. The molecule has 0 saturated heterocycles. The van der Waals surface area contributed by atoms with Crippen molar-refractivity contribution in [1.29, 1.82) is 0 Å². The van der Waals surface area contributed by atoms with E-state index in [1.807, 2.05) is 0 Å². The van der Waals surface area contributed by atoms with E-state index in [9.17, 15) is 13.2 Å². The van der Waals surface area contributed by atoms with Crippen LogP contribution in [-0.4, -0.2) is 6.36 Å². The first kappa shape index (κ1) is 13.5. The summed E-state index contributed by atoms with van der Waals surface area (Å²) in [5, 5.41) is 0. The van der Waals surface area contributed by atoms with Crippen LogP contribution in [0.4, 0.5) is 13.2 Å². The average Bonchev–Trinajstić information content (AvgIpc) is 2.69. The number of aryl methyl sites for hydroxylation is 1. The largest absolute Gasteiger partial charge is 0.573 e. The van der Waals surface area contributed by atoms with Gasteiger partial charge in [-0.15, -0.1) is 13.2 Å². The Kier molecular flexibility index (Phi) is 3.53. The maximum Gasteiger partial charge on any atom is 0.573 e. The standard InChI is InChI=1S/C13H12F3NO2/c1-8-10(7-17)6-12(18-8)9-2-4-11(5-3-9)19-13(14,15)16/h2-6H,7,17H2,1H3. The Morgan fingerprint density at radius 2 is 1.84 bits per heavy atom. The summed E-state index contributed by atoms with van der Waals surface area (Å²) in [4.78, 5) is 0. The van der Waals surface area contributed by atoms with Gasteiger partial charge in [0.2, 0.25) is 0 Å². The zero-order valence-electron chi connectivity index (χ0n) is 10.1. The van der Waals surface area contributed by atoms with Crippen LogP contribution >= 0.6 is 0 Å². The van der Waals surface area contributed by atoms with Crippen molar-refractivity contribution in [3.8, 4) is 17.1 Å². The van der Waals surface area contributed by atoms with Crippen LogP contribution in [0.3, 0.4) is 0 Å². The van der Waals surface area contributed by atoms with Crippen molar-refractivity contribution < 1.29 is 22.3 Å². The summed E-state index contributed by atoms with van der Waals surface area (Å²) in [5.74, 6) is 1.00. The van der Waals surface area contributed by atoms with Crippen molar-refractivity contribution in [1.82, 2.24) is 0 Å². The van der Waals surface area contributed by atoms with Crippen LogP contribution in [0.2, 0.25) is 0 Å². The summed E-state index contributed by atoms with van der Waals surface area (Å²) in [6, 6.07) is 7.25. The summed E-state index contributed by atoms with van der Waals surface area (Å²) >= 11 is 0. The molecule has 3 nitrogen and oxygen atoms in total. The smallest absolute Gasteiger partial charge is 0.461 e. The van der Waals surface area contributed by atoms with Gasteiger partial charge in [0.1, 0.15) is 17.3 Å². The van der Waals surface area contributed by atoms with Crippen molar-refractivity contribution in [2.24, 2.45) is 5.73 Å². The average molecular weight is 271 g/mol. The lowest BCUT2D eigenvalue weighted by atomic mass is 10.1. The predicted octanol–water partition coefficient (Wildman–Crippen LogP) is 3.61. The normalized spacial score (nSPS) is 11.6. The predicted molar refractivity (Wildman–Crippen MR) is 63.5 cm³/mol. The molecule has 6 heteroatoms. The highest BCUT2D eigenvalue weighted by molar-refractivity contribution is 5.60. The van der Waals surface area contributed by atoms with E-state index in [2.05, 4.69) is 4.74 Å². The Balaban J connectivity index is 2.22. The SMILES string of the molecule is Cc1oc(-c2ccc(OC(F)(F)F)cc2)cc1CN. The number of hydrogen-bond donors (Lipinski definition) is 1. The van der Waals surface area contributed by atoms with E-state index in [0.717, 1.165) is 5.56 Å². The molecule has 2 N–H and O–H groups in total. The maximum atomic E-state index is 12.0. The molecule has 1 heterocycles. The van der Waals surface area contributed by atoms with Crippen molar-refractivity contribution in [3.63, 3.8) is 0 Å². The van der Waals surface area contributed by atoms with Crippen LogP contribution in [0.5, 0.6) is 5.75 Å². The lowest BCUT2D eigenvalue weighted by Crippen LogP contribution is -2.16. The lowest BCUT2D eigenvalue weighted by Gasteiger charge is -2.08. The van der Waals surface area contributed by atoms with E-state index in [0.29, 0.717) is 23.6 Å². The minimum Gasteiger partial charge on any atom is -0.461 e. The van der Waals surface area contributed by atoms with Gasteiger partial charge in [-0.1, -0.05) is 0 Å². The third-order valence-electron chi connectivity index (χ3n) is 2.61. The lowest BCUT2D eigenvalue weighted by molar-refractivity contribution is -0.274. The van der Waals surface area contributed by atoms with Crippen LogP contribution in [0.1, 0.15) is 11.3 Å². The van der Waals surface area contributed by atoms with Gasteiger partial charge in [0.25, 0.3) is 0 Å². The van der Waals surface area contributed by atoms with E-state index in [4.69, 9.17) is 10.2 Å². The third-order valence-corrected chi connectivity index (χ3v) is 2.61. The van der Waals surface area contributed by atoms with Gasteiger partial charge in [-0.3, -0.25) is 0 Å². The minimum absolute atomic E-state index is 0.265. The van der Waals surface area contributed by atoms with Gasteiger partial charge in [-0.25, -0.2) is 0 Å². The van der Waals surface area contributed by atoms with Crippen LogP contribution in [0.15, 0.2) is 34.7 Å². The van der Waals surface area contributed by atoms with Crippen molar-refractivity contribution >= 4 is 0 Å². The fourth-order valence-electron chi connectivity index (χ4n) is 1.69. The Morgan fingerprint density at radius 1 is 1.21 bits per heavy atom. The number of hydrogen-bond acceptors (Lipinski definition) is 3. The van der Waals surface area contributed by atoms with Crippen LogP contribution < -0.4 is 10.5 Å². The zero-order chi connectivity index (χ0) is 14.0. The molecule has 0 radical (unpaired) electrons. The van der Waals surface area contributed by atoms with E-state index in [-0.39, 0.29) is 5.75 Å². The topological polar surface area (TPSA) is 48.4 Å². The van der Waals surface area contributed by atoms with Gasteiger partial charge in [0.05, 0.1) is 0 Å². The van der Waals surface area contributed by atoms with Crippen molar-refractivity contribution in [2.75, 3.05) is 0 Å². The number of nitrogens with two attached hydrogens (primary N) is 1. The summed E-state index contributed by atoms with van der Waals surface area (Å²) in [7, 11) is 0. The number of ether oxygens (including phenoxy) is 1. The van der Waals surface area contributed by atoms with E-state index < -0.39 is 6.36 Å². The molecule has 0 amide bonds. The molecule has 1 aromatic heterocycles. The van der Waals surface area contributed by atoms with Gasteiger partial charge < -0.3 is 14.9 Å². The second kappa shape index (κ2) is 4.97. The number of alkyl halides is 3. The maximum absolute atomic E-state index is 12.0. The monoisotopic (exact) mass is 271 g/mol. The third kappa shape index (κ3) is 3.29. The number of rotatable bonds is 3. The Hall–Kier alpha value is -1.95. The molecule has 1 aromatic carbocycles. The molecule has 0 aliphatic rings. The van der Waals surface area contributed by atoms with E-state index >= 15 is 0 Å². The second-order valence-electron chi connectivity index (χ2n) is 3.97. The fraction of sp³-hybridized carbons (Fsp3) is 0.231. The van der Waals surface area contributed by atoms with Crippen molar-refractivity contribution in [3.05, 3.63) is 41.7 Å². The van der Waals surface area contributed by atoms with Gasteiger partial charge >= 0.3 is 6.36 Å². The molecular weight excluding hydrogens is 259 g/mol. The molecule has 0 saturated carbocycles. The van der Waals surface area contributed by atoms with Crippen molar-refractivity contribution in [2.45, 2.75) is 19.8 Å². The Labute approximate surface area is 107 Å². The highest BCUT2D eigenvalue weighted by atomic mass is 19.4. The molecule has 2 aromatic rings. The van der Waals surface area contributed by atoms with Gasteiger partial charge in [0, 0.05) is 17.7 Å².